The van der Waals surface area contributed by atoms with Gasteiger partial charge in [0.05, 0.1) is 19.6 Å². The molecule has 0 N–H and O–H groups in total. The fraction of sp³-hybridized carbons (Fsp3) is 0.700. The first-order chi connectivity index (χ1) is 10.3. The SMILES string of the molecule is CCCCCCCC[N+](CCC)(CCC)c1ccccc1.[Cl-]. The van der Waals surface area contributed by atoms with Crippen LogP contribution in [0.3, 0.4) is 0 Å². The third-order valence-electron chi connectivity index (χ3n) is 4.55. The monoisotopic (exact) mass is 325 g/mol. The quantitative estimate of drug-likeness (QED) is 0.409. The van der Waals surface area contributed by atoms with E-state index in [-0.39, 0.29) is 12.4 Å². The number of hydrogen-bond acceptors (Lipinski definition) is 0. The van der Waals surface area contributed by atoms with Gasteiger partial charge in [0.25, 0.3) is 0 Å². The number of rotatable bonds is 12. The van der Waals surface area contributed by atoms with Gasteiger partial charge in [0.15, 0.2) is 0 Å². The molecule has 128 valence electrons. The lowest BCUT2D eigenvalue weighted by molar-refractivity contribution is -0.00000466. The van der Waals surface area contributed by atoms with Crippen molar-refractivity contribution in [2.24, 2.45) is 0 Å². The molecule has 0 atom stereocenters. The summed E-state index contributed by atoms with van der Waals surface area (Å²) >= 11 is 0. The Kier molecular flexibility index (Phi) is 12.6. The van der Waals surface area contributed by atoms with Crippen LogP contribution in [0.2, 0.25) is 0 Å². The van der Waals surface area contributed by atoms with E-state index in [2.05, 4.69) is 51.1 Å². The van der Waals surface area contributed by atoms with Crippen molar-refractivity contribution < 1.29 is 12.4 Å². The topological polar surface area (TPSA) is 0 Å². The number of quaternary nitrogens is 1. The van der Waals surface area contributed by atoms with Crippen molar-refractivity contribution in [3.8, 4) is 0 Å². The fourth-order valence-electron chi connectivity index (χ4n) is 3.52. The fourth-order valence-corrected chi connectivity index (χ4v) is 3.52. The van der Waals surface area contributed by atoms with E-state index in [1.165, 1.54) is 81.2 Å². The Morgan fingerprint density at radius 2 is 1.18 bits per heavy atom. The zero-order chi connectivity index (χ0) is 15.4. The van der Waals surface area contributed by atoms with Gasteiger partial charge in [-0.2, -0.15) is 0 Å². The molecule has 0 saturated carbocycles. The van der Waals surface area contributed by atoms with Crippen LogP contribution in [0, 0.1) is 0 Å². The van der Waals surface area contributed by atoms with Crippen LogP contribution in [0.1, 0.15) is 72.1 Å². The first kappa shape index (κ1) is 21.5. The molecule has 0 fully saturated rings. The zero-order valence-corrected chi connectivity index (χ0v) is 15.7. The van der Waals surface area contributed by atoms with Crippen molar-refractivity contribution in [3.05, 3.63) is 30.3 Å². The normalized spacial score (nSPS) is 11.2. The largest absolute Gasteiger partial charge is 1.00 e. The van der Waals surface area contributed by atoms with Gasteiger partial charge in [0, 0.05) is 0 Å². The summed E-state index contributed by atoms with van der Waals surface area (Å²) in [7, 11) is 0. The van der Waals surface area contributed by atoms with Crippen molar-refractivity contribution >= 4 is 5.69 Å². The lowest BCUT2D eigenvalue weighted by Gasteiger charge is -2.38. The molecule has 1 aromatic rings. The van der Waals surface area contributed by atoms with Crippen LogP contribution in [0.5, 0.6) is 0 Å². The number of nitrogens with zero attached hydrogens (tertiary/aromatic N) is 1. The van der Waals surface area contributed by atoms with E-state index < -0.39 is 0 Å². The Bertz CT molecular complexity index is 344. The maximum absolute atomic E-state index is 2.34. The lowest BCUT2D eigenvalue weighted by atomic mass is 10.1. The average Bonchev–Trinajstić information content (AvgIpc) is 2.52. The smallest absolute Gasteiger partial charge is 0.132 e. The minimum Gasteiger partial charge on any atom is -1.00 e. The molecule has 0 unspecified atom stereocenters. The number of benzene rings is 1. The van der Waals surface area contributed by atoms with Crippen LogP contribution >= 0.6 is 0 Å². The molecule has 0 bridgehead atoms. The van der Waals surface area contributed by atoms with E-state index in [0.29, 0.717) is 0 Å². The third-order valence-corrected chi connectivity index (χ3v) is 4.55. The number of hydrogen-bond donors (Lipinski definition) is 0. The van der Waals surface area contributed by atoms with E-state index in [1.54, 1.807) is 0 Å². The Labute approximate surface area is 145 Å². The lowest BCUT2D eigenvalue weighted by Crippen LogP contribution is -3.00. The van der Waals surface area contributed by atoms with Gasteiger partial charge in [-0.25, -0.2) is 0 Å². The average molecular weight is 326 g/mol. The molecule has 0 heterocycles. The Hall–Kier alpha value is -0.530. The molecular formula is C20H36ClN. The Morgan fingerprint density at radius 3 is 1.73 bits per heavy atom. The van der Waals surface area contributed by atoms with Gasteiger partial charge < -0.3 is 12.4 Å². The number of halogens is 1. The van der Waals surface area contributed by atoms with Crippen molar-refractivity contribution in [3.63, 3.8) is 0 Å². The molecule has 22 heavy (non-hydrogen) atoms. The van der Waals surface area contributed by atoms with Crippen molar-refractivity contribution in [2.75, 3.05) is 19.6 Å². The molecule has 0 spiro atoms. The zero-order valence-electron chi connectivity index (χ0n) is 15.0. The summed E-state index contributed by atoms with van der Waals surface area (Å²) in [4.78, 5) is 0. The molecule has 0 amide bonds. The Balaban J connectivity index is 0.00000441. The highest BCUT2D eigenvalue weighted by Gasteiger charge is 2.27. The first-order valence-corrected chi connectivity index (χ1v) is 9.20. The predicted molar refractivity (Wildman–Crippen MR) is 96.8 cm³/mol. The summed E-state index contributed by atoms with van der Waals surface area (Å²) in [5.74, 6) is 0. The second kappa shape index (κ2) is 13.0. The molecule has 0 saturated heterocycles. The molecule has 0 aliphatic rings. The molecule has 1 nitrogen and oxygen atoms in total. The standard InChI is InChI=1S/C20H36N.ClH/c1-4-7-8-9-10-14-19-21(17-5-2,18-6-3)20-15-12-11-13-16-20;/h11-13,15-16H,4-10,14,17-19H2,1-3H3;1H/q+1;/p-1. The van der Waals surface area contributed by atoms with E-state index in [0.717, 1.165) is 0 Å². The third kappa shape index (κ3) is 7.15. The number of unbranched alkanes of at least 4 members (excludes halogenated alkanes) is 5. The summed E-state index contributed by atoms with van der Waals surface area (Å²) in [5, 5.41) is 0. The molecule has 2 heteroatoms. The van der Waals surface area contributed by atoms with E-state index in [1.807, 2.05) is 0 Å². The molecular weight excluding hydrogens is 290 g/mol. The van der Waals surface area contributed by atoms with Gasteiger partial charge in [-0.3, -0.25) is 4.48 Å². The minimum absolute atomic E-state index is 0. The summed E-state index contributed by atoms with van der Waals surface area (Å²) in [5.41, 5.74) is 1.52. The van der Waals surface area contributed by atoms with Crippen LogP contribution in [-0.4, -0.2) is 19.6 Å². The minimum atomic E-state index is 0. The van der Waals surface area contributed by atoms with Gasteiger partial charge in [-0.1, -0.05) is 64.7 Å². The van der Waals surface area contributed by atoms with Gasteiger partial charge in [0.1, 0.15) is 5.69 Å². The molecule has 1 rings (SSSR count). The predicted octanol–water partition coefficient (Wildman–Crippen LogP) is 3.18. The van der Waals surface area contributed by atoms with Gasteiger partial charge in [0.2, 0.25) is 0 Å². The highest BCUT2D eigenvalue weighted by molar-refractivity contribution is 5.42. The summed E-state index contributed by atoms with van der Waals surface area (Å²) in [6.45, 7) is 10.8. The van der Waals surface area contributed by atoms with Crippen molar-refractivity contribution in [1.29, 1.82) is 0 Å². The maximum atomic E-state index is 2.34. The number of para-hydroxylation sites is 1. The van der Waals surface area contributed by atoms with Crippen LogP contribution in [0.15, 0.2) is 30.3 Å². The van der Waals surface area contributed by atoms with Crippen molar-refractivity contribution in [2.45, 2.75) is 72.1 Å². The Morgan fingerprint density at radius 1 is 0.636 bits per heavy atom. The van der Waals surface area contributed by atoms with Crippen LogP contribution < -0.4 is 16.9 Å². The van der Waals surface area contributed by atoms with Crippen molar-refractivity contribution in [1.82, 2.24) is 4.48 Å². The van der Waals surface area contributed by atoms with Crippen LogP contribution in [0.25, 0.3) is 0 Å². The molecule has 0 aliphatic carbocycles. The maximum Gasteiger partial charge on any atom is 0.132 e. The van der Waals surface area contributed by atoms with Gasteiger partial charge in [-0.05, 0) is 37.8 Å². The van der Waals surface area contributed by atoms with Crippen LogP contribution in [-0.2, 0) is 0 Å². The van der Waals surface area contributed by atoms with E-state index >= 15 is 0 Å². The van der Waals surface area contributed by atoms with Gasteiger partial charge >= 0.3 is 0 Å². The highest BCUT2D eigenvalue weighted by atomic mass is 35.5. The second-order valence-corrected chi connectivity index (χ2v) is 6.42. The summed E-state index contributed by atoms with van der Waals surface area (Å²) < 4.78 is 1.20. The van der Waals surface area contributed by atoms with Crippen LogP contribution in [0.4, 0.5) is 5.69 Å². The summed E-state index contributed by atoms with van der Waals surface area (Å²) in [6, 6.07) is 11.2. The molecule has 1 aromatic carbocycles. The first-order valence-electron chi connectivity index (χ1n) is 9.20. The molecule has 0 aromatic heterocycles. The summed E-state index contributed by atoms with van der Waals surface area (Å²) in [6.07, 6.45) is 10.9. The highest BCUT2D eigenvalue weighted by Crippen LogP contribution is 2.25. The molecule has 0 radical (unpaired) electrons. The van der Waals surface area contributed by atoms with Gasteiger partial charge in [-0.15, -0.1) is 0 Å². The second-order valence-electron chi connectivity index (χ2n) is 6.42. The van der Waals surface area contributed by atoms with E-state index in [4.69, 9.17) is 0 Å². The molecule has 0 aliphatic heterocycles. The van der Waals surface area contributed by atoms with E-state index in [9.17, 15) is 0 Å².